The Labute approximate surface area is 213 Å². The van der Waals surface area contributed by atoms with Crippen LogP contribution >= 0.6 is 0 Å². The van der Waals surface area contributed by atoms with Crippen LogP contribution in [-0.2, 0) is 30.2 Å². The normalized spacial score (nSPS) is 9.97. The molecule has 0 aliphatic heterocycles. The fourth-order valence-electron chi connectivity index (χ4n) is 2.52. The molecule has 0 aromatic carbocycles. The van der Waals surface area contributed by atoms with Crippen LogP contribution < -0.4 is 18.6 Å². The van der Waals surface area contributed by atoms with Gasteiger partial charge >= 0.3 is 17.1 Å². The average Bonchev–Trinajstić information content (AvgIpc) is 2.80. The number of hydrogen-bond acceptors (Lipinski definition) is 11. The molecule has 188 valence electrons. The van der Waals surface area contributed by atoms with Crippen molar-refractivity contribution in [2.75, 3.05) is 13.1 Å². The van der Waals surface area contributed by atoms with E-state index in [1.165, 1.54) is 5.34 Å². The maximum absolute atomic E-state index is 12.1. The molecular weight excluding hydrogens is 528 g/mol. The molecule has 0 spiro atoms. The second kappa shape index (κ2) is 18.3. The van der Waals surface area contributed by atoms with Gasteiger partial charge < -0.3 is 15.3 Å². The Morgan fingerprint density at radius 1 is 0.886 bits per heavy atom. The predicted molar refractivity (Wildman–Crippen MR) is 107 cm³/mol. The van der Waals surface area contributed by atoms with Crippen LogP contribution in [0.1, 0.15) is 21.9 Å². The molecule has 15 heteroatoms. The minimum atomic E-state index is -4.94. The largest absolute Gasteiger partial charge is 2.00 e. The van der Waals surface area contributed by atoms with Crippen molar-refractivity contribution in [3.05, 3.63) is 100 Å². The summed E-state index contributed by atoms with van der Waals surface area (Å²) < 4.78 is 34.0. The summed E-state index contributed by atoms with van der Waals surface area (Å²) in [5.41, 5.74) is 2.31. The van der Waals surface area contributed by atoms with Crippen LogP contribution in [0, 0.1) is 15.2 Å². The van der Waals surface area contributed by atoms with Gasteiger partial charge in [0, 0.05) is 31.7 Å². The van der Waals surface area contributed by atoms with E-state index < -0.39 is 10.2 Å². The number of nitrogens with zero attached hydrogens (tertiary/aromatic N) is 6. The first kappa shape index (κ1) is 31.9. The first-order valence-electron chi connectivity index (χ1n) is 9.46. The molecule has 0 fully saturated rings. The van der Waals surface area contributed by atoms with E-state index in [2.05, 4.69) is 25.2 Å². The zero-order valence-corrected chi connectivity index (χ0v) is 19.9. The summed E-state index contributed by atoms with van der Waals surface area (Å²) in [5.74, 6) is -0.291. The number of halogens is 1. The van der Waals surface area contributed by atoms with Crippen molar-refractivity contribution in [3.63, 3.8) is 0 Å². The summed E-state index contributed by atoms with van der Waals surface area (Å²) in [5, 5.41) is 12.0. The van der Waals surface area contributed by atoms with Crippen molar-refractivity contribution in [1.29, 1.82) is 0 Å². The third-order valence-electron chi connectivity index (χ3n) is 3.78. The van der Waals surface area contributed by atoms with Gasteiger partial charge in [-0.15, -0.1) is 21.7 Å². The summed E-state index contributed by atoms with van der Waals surface area (Å²) >= 11 is 0. The number of hydrogen-bond donors (Lipinski definition) is 1. The van der Waals surface area contributed by atoms with Crippen molar-refractivity contribution >= 4 is 5.91 Å². The second-order valence-electron chi connectivity index (χ2n) is 6.21. The Kier molecular flexibility index (Phi) is 16.7. The minimum Gasteiger partial charge on any atom is -0.647 e. The standard InChI is InChI=1S/C20H21N5O.ClHO4.Fe.HNO2/c26-20(19-9-3-6-12-23-19)24-13-14-25(15-17-7-1-4-10-21-17)16-18-8-2-5-11-22-18;2-1(3,4)5;;2-1-3/h1-12H,13-16H2,(H,24,26);(H,2,3,4,5);;(H,2,3)/q;;+2;/p-2. The van der Waals surface area contributed by atoms with E-state index in [9.17, 15) is 4.79 Å². The van der Waals surface area contributed by atoms with Crippen LogP contribution in [0.3, 0.4) is 0 Å². The van der Waals surface area contributed by atoms with E-state index in [1.54, 1.807) is 36.8 Å². The van der Waals surface area contributed by atoms with Gasteiger partial charge in [-0.3, -0.25) is 19.9 Å². The molecule has 0 radical (unpaired) electrons. The van der Waals surface area contributed by atoms with Crippen molar-refractivity contribution in [2.45, 2.75) is 13.1 Å². The number of rotatable bonds is 8. The molecule has 0 saturated carbocycles. The topological polar surface area (TPSA) is 215 Å². The Bertz CT molecular complexity index is 909. The maximum atomic E-state index is 12.1. The van der Waals surface area contributed by atoms with Gasteiger partial charge in [0.2, 0.25) is 0 Å². The number of aromatic nitrogens is 3. The predicted octanol–water partition coefficient (Wildman–Crippen LogP) is -1.53. The number of pyridine rings is 3. The molecule has 0 aliphatic rings. The SMILES string of the molecule is O=C([N-]CCN(Cc1ccccn1)Cc1ccccn1)c1ccccn1.O=NO.[Fe+2].[O-][Cl+3]([O-])([O-])[O-]. The third kappa shape index (κ3) is 17.1. The summed E-state index contributed by atoms with van der Waals surface area (Å²) in [7, 11) is -4.94. The molecule has 3 aromatic rings. The maximum Gasteiger partial charge on any atom is 2.00 e. The smallest absolute Gasteiger partial charge is 0.647 e. The molecule has 1 N–H and O–H groups in total. The molecule has 3 heterocycles. The zero-order chi connectivity index (χ0) is 25.2. The van der Waals surface area contributed by atoms with Crippen LogP contribution in [0.25, 0.3) is 5.32 Å². The minimum absolute atomic E-state index is 0. The third-order valence-corrected chi connectivity index (χ3v) is 3.78. The molecule has 0 atom stereocenters. The Balaban J connectivity index is 0.00000112. The molecule has 0 unspecified atom stereocenters. The van der Waals surface area contributed by atoms with E-state index in [-0.39, 0.29) is 23.0 Å². The van der Waals surface area contributed by atoms with Crippen molar-refractivity contribution in [1.82, 2.24) is 19.9 Å². The Morgan fingerprint density at radius 2 is 1.31 bits per heavy atom. The van der Waals surface area contributed by atoms with Gasteiger partial charge in [0.15, 0.2) is 5.34 Å². The molecule has 0 aliphatic carbocycles. The van der Waals surface area contributed by atoms with Crippen LogP contribution in [0.4, 0.5) is 0 Å². The second-order valence-corrected chi connectivity index (χ2v) is 6.97. The number of carbonyl (C=O) groups excluding carboxylic acids is 1. The van der Waals surface area contributed by atoms with Crippen molar-refractivity contribution in [3.8, 4) is 0 Å². The van der Waals surface area contributed by atoms with Gasteiger partial charge in [0.1, 0.15) is 5.91 Å². The quantitative estimate of drug-likeness (QED) is 0.193. The summed E-state index contributed by atoms with van der Waals surface area (Å²) in [4.78, 5) is 35.2. The number of amides is 1. The fourth-order valence-corrected chi connectivity index (χ4v) is 2.52. The van der Waals surface area contributed by atoms with Gasteiger partial charge in [-0.2, -0.15) is 0 Å². The molecule has 3 aromatic heterocycles. The van der Waals surface area contributed by atoms with Gasteiger partial charge in [-0.05, 0) is 42.9 Å². The molecular formula is C20H21ClFeN6O7. The van der Waals surface area contributed by atoms with E-state index in [0.29, 0.717) is 31.9 Å². The molecule has 35 heavy (non-hydrogen) atoms. The molecule has 0 saturated heterocycles. The van der Waals surface area contributed by atoms with Crippen LogP contribution in [-0.4, -0.2) is 44.1 Å². The van der Waals surface area contributed by atoms with E-state index in [4.69, 9.17) is 28.8 Å². The summed E-state index contributed by atoms with van der Waals surface area (Å²) in [6.45, 7) is 2.37. The van der Waals surface area contributed by atoms with E-state index >= 15 is 0 Å². The fraction of sp³-hybridized carbons (Fsp3) is 0.200. The Hall–Kier alpha value is -3.07. The van der Waals surface area contributed by atoms with Crippen LogP contribution in [0.5, 0.6) is 0 Å². The number of carbonyl (C=O) groups is 1. The van der Waals surface area contributed by atoms with Crippen molar-refractivity contribution < 1.29 is 55.9 Å². The molecule has 1 amide bonds. The summed E-state index contributed by atoms with van der Waals surface area (Å²) in [6.07, 6.45) is 5.16. The van der Waals surface area contributed by atoms with E-state index in [0.717, 1.165) is 11.4 Å². The first-order chi connectivity index (χ1) is 16.2. The molecule has 3 rings (SSSR count). The summed E-state index contributed by atoms with van der Waals surface area (Å²) in [6, 6.07) is 16.9. The van der Waals surface area contributed by atoms with Crippen LogP contribution in [0.2, 0.25) is 0 Å². The van der Waals surface area contributed by atoms with E-state index in [1.807, 2.05) is 36.4 Å². The van der Waals surface area contributed by atoms with Crippen LogP contribution in [0.15, 0.2) is 78.5 Å². The van der Waals surface area contributed by atoms with Gasteiger partial charge in [-0.25, -0.2) is 18.6 Å². The first-order valence-corrected chi connectivity index (χ1v) is 10.7. The van der Waals surface area contributed by atoms with Gasteiger partial charge in [-0.1, -0.05) is 18.2 Å². The van der Waals surface area contributed by atoms with Gasteiger partial charge in [0.25, 0.3) is 0 Å². The molecule has 13 nitrogen and oxygen atoms in total. The Morgan fingerprint density at radius 3 is 1.69 bits per heavy atom. The monoisotopic (exact) mass is 548 g/mol. The van der Waals surface area contributed by atoms with Crippen molar-refractivity contribution in [2.24, 2.45) is 5.34 Å². The average molecular weight is 549 g/mol. The van der Waals surface area contributed by atoms with Gasteiger partial charge in [0.05, 0.1) is 17.1 Å². The molecule has 0 bridgehead atoms. The zero-order valence-electron chi connectivity index (χ0n) is 18.1.